The largest absolute Gasteiger partial charge is 0.0657 e. The van der Waals surface area contributed by atoms with Crippen LogP contribution in [-0.2, 0) is 0 Å². The summed E-state index contributed by atoms with van der Waals surface area (Å²) >= 11 is 0. The van der Waals surface area contributed by atoms with Crippen LogP contribution in [0.15, 0.2) is 0 Å². The van der Waals surface area contributed by atoms with E-state index in [1.54, 1.807) is 0 Å². The Hall–Kier alpha value is 0.217. The van der Waals surface area contributed by atoms with Crippen molar-refractivity contribution in [2.45, 2.75) is 46.2 Å². The second-order valence-corrected chi connectivity index (χ2v) is 5.93. The fourth-order valence-electron chi connectivity index (χ4n) is 0.905. The quantitative estimate of drug-likeness (QED) is 0.421. The van der Waals surface area contributed by atoms with Gasteiger partial charge in [0.1, 0.15) is 0 Å². The minimum Gasteiger partial charge on any atom is -0.0657 e. The molecule has 0 fully saturated rings. The van der Waals surface area contributed by atoms with Gasteiger partial charge in [-0.3, -0.25) is 0 Å². The Morgan fingerprint density at radius 3 is 2.11 bits per heavy atom. The van der Waals surface area contributed by atoms with Gasteiger partial charge in [0.05, 0.1) is 0 Å². The molecule has 0 rings (SSSR count). The van der Waals surface area contributed by atoms with E-state index in [0.29, 0.717) is 14.9 Å². The maximum atomic E-state index is 2.34. The molecular formula is C8H20Si. The third kappa shape index (κ3) is 8.22. The maximum absolute atomic E-state index is 2.34. The van der Waals surface area contributed by atoms with Crippen LogP contribution < -0.4 is 0 Å². The van der Waals surface area contributed by atoms with E-state index in [1.165, 1.54) is 18.5 Å². The SMILES string of the molecule is CCC[SiH2]CC(C)(C)C. The van der Waals surface area contributed by atoms with Gasteiger partial charge in [0.15, 0.2) is 0 Å². The van der Waals surface area contributed by atoms with E-state index in [9.17, 15) is 0 Å². The molecular weight excluding hydrogens is 124 g/mol. The Bertz CT molecular complexity index is 61.5. The van der Waals surface area contributed by atoms with Crippen molar-refractivity contribution in [3.63, 3.8) is 0 Å². The molecule has 0 bridgehead atoms. The van der Waals surface area contributed by atoms with E-state index in [-0.39, 0.29) is 0 Å². The van der Waals surface area contributed by atoms with Crippen LogP contribution in [0.3, 0.4) is 0 Å². The Kier molecular flexibility index (Phi) is 4.20. The zero-order valence-corrected chi connectivity index (χ0v) is 8.74. The van der Waals surface area contributed by atoms with Crippen molar-refractivity contribution in [3.8, 4) is 0 Å². The number of rotatable bonds is 3. The van der Waals surface area contributed by atoms with E-state index in [1.807, 2.05) is 0 Å². The minimum absolute atomic E-state index is 0.307. The molecule has 1 heteroatoms. The molecule has 0 aliphatic carbocycles. The van der Waals surface area contributed by atoms with Crippen LogP contribution in [0.2, 0.25) is 12.1 Å². The molecule has 0 unspecified atom stereocenters. The molecule has 56 valence electrons. The third-order valence-electron chi connectivity index (χ3n) is 1.53. The highest BCUT2D eigenvalue weighted by Gasteiger charge is 2.08. The Labute approximate surface area is 61.9 Å². The first kappa shape index (κ1) is 9.22. The Balaban J connectivity index is 3.07. The van der Waals surface area contributed by atoms with Crippen LogP contribution in [0.5, 0.6) is 0 Å². The van der Waals surface area contributed by atoms with Crippen molar-refractivity contribution in [3.05, 3.63) is 0 Å². The summed E-state index contributed by atoms with van der Waals surface area (Å²) in [6.07, 6.45) is 1.41. The predicted molar refractivity (Wildman–Crippen MR) is 47.9 cm³/mol. The molecule has 0 aliphatic heterocycles. The normalized spacial score (nSPS) is 13.3. The number of hydrogen-bond donors (Lipinski definition) is 0. The molecule has 9 heavy (non-hydrogen) atoms. The van der Waals surface area contributed by atoms with Crippen molar-refractivity contribution < 1.29 is 0 Å². The average Bonchev–Trinajstić information content (AvgIpc) is 1.63. The molecule has 0 nitrogen and oxygen atoms in total. The summed E-state index contributed by atoms with van der Waals surface area (Å²) in [5.74, 6) is 0. The highest BCUT2D eigenvalue weighted by Crippen LogP contribution is 2.18. The van der Waals surface area contributed by atoms with Crippen molar-refractivity contribution in [1.82, 2.24) is 0 Å². The molecule has 0 aliphatic rings. The molecule has 0 saturated carbocycles. The third-order valence-corrected chi connectivity index (χ3v) is 4.59. The summed E-state index contributed by atoms with van der Waals surface area (Å²) in [7, 11) is 0.307. The lowest BCUT2D eigenvalue weighted by Gasteiger charge is -2.16. The standard InChI is InChI=1S/C8H20Si/c1-5-6-9-7-8(2,3)4/h5-7,9H2,1-4H3. The van der Waals surface area contributed by atoms with Gasteiger partial charge < -0.3 is 0 Å². The van der Waals surface area contributed by atoms with Crippen LogP contribution in [-0.4, -0.2) is 9.52 Å². The van der Waals surface area contributed by atoms with E-state index in [0.717, 1.165) is 0 Å². The number of hydrogen-bond acceptors (Lipinski definition) is 0. The smallest absolute Gasteiger partial charge is 0.0203 e. The molecule has 0 aromatic rings. The van der Waals surface area contributed by atoms with Crippen LogP contribution >= 0.6 is 0 Å². The van der Waals surface area contributed by atoms with Gasteiger partial charge >= 0.3 is 0 Å². The molecule has 0 heterocycles. The molecule has 0 aromatic heterocycles. The summed E-state index contributed by atoms with van der Waals surface area (Å²) in [5.41, 5.74) is 0.612. The topological polar surface area (TPSA) is 0 Å². The first-order valence-electron chi connectivity index (χ1n) is 4.06. The van der Waals surface area contributed by atoms with Gasteiger partial charge in [0.25, 0.3) is 0 Å². The average molecular weight is 144 g/mol. The Morgan fingerprint density at radius 2 is 1.78 bits per heavy atom. The van der Waals surface area contributed by atoms with E-state index in [4.69, 9.17) is 0 Å². The first-order valence-corrected chi connectivity index (χ1v) is 6.06. The van der Waals surface area contributed by atoms with E-state index in [2.05, 4.69) is 27.7 Å². The highest BCUT2D eigenvalue weighted by atomic mass is 28.2. The molecule has 0 saturated heterocycles. The summed E-state index contributed by atoms with van der Waals surface area (Å²) in [6, 6.07) is 3.05. The van der Waals surface area contributed by atoms with Crippen LogP contribution in [0.1, 0.15) is 34.1 Å². The maximum Gasteiger partial charge on any atom is 0.0203 e. The van der Waals surface area contributed by atoms with E-state index < -0.39 is 0 Å². The van der Waals surface area contributed by atoms with Gasteiger partial charge in [0.2, 0.25) is 0 Å². The summed E-state index contributed by atoms with van der Waals surface area (Å²) < 4.78 is 0. The fourth-order valence-corrected chi connectivity index (χ4v) is 2.72. The van der Waals surface area contributed by atoms with Crippen LogP contribution in [0.4, 0.5) is 0 Å². The fraction of sp³-hybridized carbons (Fsp3) is 1.00. The zero-order valence-electron chi connectivity index (χ0n) is 7.33. The molecule has 0 spiro atoms. The second-order valence-electron chi connectivity index (χ2n) is 4.02. The highest BCUT2D eigenvalue weighted by molar-refractivity contribution is 6.35. The predicted octanol–water partition coefficient (Wildman–Crippen LogP) is 2.45. The molecule has 0 N–H and O–H groups in total. The monoisotopic (exact) mass is 144 g/mol. The summed E-state index contributed by atoms with van der Waals surface area (Å²) in [4.78, 5) is 0. The minimum atomic E-state index is 0.307. The van der Waals surface area contributed by atoms with Crippen molar-refractivity contribution >= 4 is 9.52 Å². The lowest BCUT2D eigenvalue weighted by Crippen LogP contribution is -2.07. The Morgan fingerprint density at radius 1 is 1.22 bits per heavy atom. The van der Waals surface area contributed by atoms with Gasteiger partial charge in [-0.25, -0.2) is 0 Å². The van der Waals surface area contributed by atoms with Gasteiger partial charge in [-0.1, -0.05) is 46.2 Å². The van der Waals surface area contributed by atoms with Gasteiger partial charge in [-0.2, -0.15) is 0 Å². The van der Waals surface area contributed by atoms with Gasteiger partial charge in [-0.15, -0.1) is 0 Å². The molecule has 0 aromatic carbocycles. The van der Waals surface area contributed by atoms with Crippen molar-refractivity contribution in [2.75, 3.05) is 0 Å². The van der Waals surface area contributed by atoms with Gasteiger partial charge in [0, 0.05) is 9.52 Å². The van der Waals surface area contributed by atoms with Crippen molar-refractivity contribution in [1.29, 1.82) is 0 Å². The molecule has 0 atom stereocenters. The zero-order chi connectivity index (χ0) is 7.33. The first-order chi connectivity index (χ1) is 4.06. The van der Waals surface area contributed by atoms with Crippen LogP contribution in [0, 0.1) is 5.41 Å². The molecule has 0 radical (unpaired) electrons. The van der Waals surface area contributed by atoms with Gasteiger partial charge in [-0.05, 0) is 5.41 Å². The summed E-state index contributed by atoms with van der Waals surface area (Å²) in [5, 5.41) is 0. The lowest BCUT2D eigenvalue weighted by molar-refractivity contribution is 0.466. The lowest BCUT2D eigenvalue weighted by atomic mass is 10.0. The molecule has 0 amide bonds. The van der Waals surface area contributed by atoms with E-state index >= 15 is 0 Å². The summed E-state index contributed by atoms with van der Waals surface area (Å²) in [6.45, 7) is 9.32. The second kappa shape index (κ2) is 4.10. The van der Waals surface area contributed by atoms with Crippen molar-refractivity contribution in [2.24, 2.45) is 5.41 Å². The van der Waals surface area contributed by atoms with Crippen LogP contribution in [0.25, 0.3) is 0 Å².